The summed E-state index contributed by atoms with van der Waals surface area (Å²) >= 11 is 5.04. The van der Waals surface area contributed by atoms with Crippen LogP contribution in [0, 0.1) is 0 Å². The quantitative estimate of drug-likeness (QED) is 0.818. The molecule has 0 amide bonds. The van der Waals surface area contributed by atoms with Crippen molar-refractivity contribution in [3.8, 4) is 0 Å². The van der Waals surface area contributed by atoms with Crippen molar-refractivity contribution in [2.24, 2.45) is 5.73 Å². The molecule has 0 aliphatic carbocycles. The molecule has 1 unspecified atom stereocenters. The Labute approximate surface area is 107 Å². The predicted octanol–water partition coefficient (Wildman–Crippen LogP) is 1.33. The smallest absolute Gasteiger partial charge is 0.106 e. The normalized spacial score (nSPS) is 19.2. The van der Waals surface area contributed by atoms with Crippen molar-refractivity contribution in [2.75, 3.05) is 25.1 Å². The minimum absolute atomic E-state index is 0.305. The zero-order chi connectivity index (χ0) is 12.3. The fourth-order valence-corrected chi connectivity index (χ4v) is 2.26. The lowest BCUT2D eigenvalue weighted by atomic mass is 10.2. The van der Waals surface area contributed by atoms with Gasteiger partial charge in [0.1, 0.15) is 4.99 Å². The maximum Gasteiger partial charge on any atom is 0.106 e. The van der Waals surface area contributed by atoms with Crippen molar-refractivity contribution in [3.05, 3.63) is 24.0 Å². The van der Waals surface area contributed by atoms with Crippen LogP contribution in [0.15, 0.2) is 18.5 Å². The van der Waals surface area contributed by atoms with E-state index < -0.39 is 0 Å². The van der Waals surface area contributed by atoms with Gasteiger partial charge in [-0.3, -0.25) is 4.98 Å². The molecule has 1 aromatic heterocycles. The SMILES string of the molecule is CN(CC1CCCO1)c1cnccc1C(N)=S. The number of likely N-dealkylation sites (N-methyl/N-ethyl adjacent to an activating group) is 1. The lowest BCUT2D eigenvalue weighted by molar-refractivity contribution is 0.116. The number of rotatable bonds is 4. The molecule has 1 fully saturated rings. The van der Waals surface area contributed by atoms with Crippen LogP contribution in [0.25, 0.3) is 0 Å². The summed E-state index contributed by atoms with van der Waals surface area (Å²) in [5.41, 5.74) is 7.55. The number of ether oxygens (including phenoxy) is 1. The van der Waals surface area contributed by atoms with Gasteiger partial charge in [0.05, 0.1) is 18.0 Å². The third-order valence-electron chi connectivity index (χ3n) is 2.98. The fourth-order valence-electron chi connectivity index (χ4n) is 2.09. The first-order valence-electron chi connectivity index (χ1n) is 5.75. The lowest BCUT2D eigenvalue weighted by Gasteiger charge is -2.24. The van der Waals surface area contributed by atoms with E-state index in [9.17, 15) is 0 Å². The Bertz CT molecular complexity index is 404. The summed E-state index contributed by atoms with van der Waals surface area (Å²) in [4.78, 5) is 6.64. The average Bonchev–Trinajstić information content (AvgIpc) is 2.81. The van der Waals surface area contributed by atoms with Gasteiger partial charge in [0, 0.05) is 32.0 Å². The van der Waals surface area contributed by atoms with Gasteiger partial charge in [0.2, 0.25) is 0 Å². The molecule has 1 aromatic rings. The summed E-state index contributed by atoms with van der Waals surface area (Å²) in [7, 11) is 2.01. The Kier molecular flexibility index (Phi) is 3.91. The molecule has 0 aromatic carbocycles. The van der Waals surface area contributed by atoms with E-state index in [4.69, 9.17) is 22.7 Å². The Morgan fingerprint density at radius 2 is 2.53 bits per heavy atom. The minimum atomic E-state index is 0.305. The number of hydrogen-bond donors (Lipinski definition) is 1. The molecule has 92 valence electrons. The summed E-state index contributed by atoms with van der Waals surface area (Å²) in [6, 6.07) is 1.85. The van der Waals surface area contributed by atoms with E-state index in [0.717, 1.165) is 37.2 Å². The topological polar surface area (TPSA) is 51.4 Å². The summed E-state index contributed by atoms with van der Waals surface area (Å²) in [6.45, 7) is 1.72. The van der Waals surface area contributed by atoms with Crippen LogP contribution in [0.5, 0.6) is 0 Å². The zero-order valence-electron chi connectivity index (χ0n) is 9.93. The molecule has 1 atom stereocenters. The Balaban J connectivity index is 2.12. The van der Waals surface area contributed by atoms with Crippen molar-refractivity contribution in [1.29, 1.82) is 0 Å². The van der Waals surface area contributed by atoms with Gasteiger partial charge < -0.3 is 15.4 Å². The Morgan fingerprint density at radius 1 is 1.71 bits per heavy atom. The van der Waals surface area contributed by atoms with Crippen molar-refractivity contribution in [1.82, 2.24) is 4.98 Å². The second kappa shape index (κ2) is 5.42. The van der Waals surface area contributed by atoms with Gasteiger partial charge in [-0.05, 0) is 18.9 Å². The third kappa shape index (κ3) is 2.92. The van der Waals surface area contributed by atoms with E-state index in [1.807, 2.05) is 13.1 Å². The molecule has 17 heavy (non-hydrogen) atoms. The highest BCUT2D eigenvalue weighted by atomic mass is 32.1. The molecule has 1 aliphatic rings. The molecule has 0 spiro atoms. The first-order chi connectivity index (χ1) is 8.18. The van der Waals surface area contributed by atoms with Crippen LogP contribution in [0.3, 0.4) is 0 Å². The second-order valence-corrected chi connectivity index (χ2v) is 4.71. The monoisotopic (exact) mass is 251 g/mol. The first-order valence-corrected chi connectivity index (χ1v) is 6.16. The molecule has 0 radical (unpaired) electrons. The molecule has 1 saturated heterocycles. The van der Waals surface area contributed by atoms with E-state index in [0.29, 0.717) is 11.1 Å². The number of nitrogens with two attached hydrogens (primary N) is 1. The van der Waals surface area contributed by atoms with Crippen molar-refractivity contribution < 1.29 is 4.74 Å². The predicted molar refractivity (Wildman–Crippen MR) is 72.4 cm³/mol. The average molecular weight is 251 g/mol. The van der Waals surface area contributed by atoms with Crippen molar-refractivity contribution in [2.45, 2.75) is 18.9 Å². The molecular weight excluding hydrogens is 234 g/mol. The van der Waals surface area contributed by atoms with E-state index in [2.05, 4.69) is 9.88 Å². The van der Waals surface area contributed by atoms with Crippen LogP contribution >= 0.6 is 12.2 Å². The zero-order valence-corrected chi connectivity index (χ0v) is 10.7. The molecule has 2 N–H and O–H groups in total. The van der Waals surface area contributed by atoms with Gasteiger partial charge in [0.25, 0.3) is 0 Å². The van der Waals surface area contributed by atoms with E-state index in [1.54, 1.807) is 12.4 Å². The number of thiocarbonyl (C=S) groups is 1. The number of aromatic nitrogens is 1. The maximum atomic E-state index is 5.71. The van der Waals surface area contributed by atoms with Gasteiger partial charge in [0.15, 0.2) is 0 Å². The molecule has 2 rings (SSSR count). The molecular formula is C12H17N3OS. The fraction of sp³-hybridized carbons (Fsp3) is 0.500. The Hall–Kier alpha value is -1.20. The first kappa shape index (κ1) is 12.3. The molecule has 0 saturated carbocycles. The molecule has 1 aliphatic heterocycles. The van der Waals surface area contributed by atoms with Crippen LogP contribution in [0.4, 0.5) is 5.69 Å². The largest absolute Gasteiger partial charge is 0.389 e. The van der Waals surface area contributed by atoms with E-state index in [1.165, 1.54) is 0 Å². The number of hydrogen-bond acceptors (Lipinski definition) is 4. The van der Waals surface area contributed by atoms with Crippen LogP contribution < -0.4 is 10.6 Å². The minimum Gasteiger partial charge on any atom is -0.389 e. The molecule has 5 heteroatoms. The molecule has 2 heterocycles. The standard InChI is InChI=1S/C12H17N3OS/c1-15(8-9-3-2-6-16-9)11-7-14-5-4-10(11)12(13)17/h4-5,7,9H,2-3,6,8H2,1H3,(H2,13,17). The van der Waals surface area contributed by atoms with Gasteiger partial charge in [-0.25, -0.2) is 0 Å². The Morgan fingerprint density at radius 3 is 3.18 bits per heavy atom. The molecule has 4 nitrogen and oxygen atoms in total. The van der Waals surface area contributed by atoms with Crippen LogP contribution in [-0.4, -0.2) is 36.3 Å². The van der Waals surface area contributed by atoms with E-state index >= 15 is 0 Å². The van der Waals surface area contributed by atoms with Gasteiger partial charge in [-0.2, -0.15) is 0 Å². The van der Waals surface area contributed by atoms with Crippen LogP contribution in [-0.2, 0) is 4.74 Å². The van der Waals surface area contributed by atoms with Gasteiger partial charge in [-0.15, -0.1) is 0 Å². The summed E-state index contributed by atoms with van der Waals surface area (Å²) in [5, 5.41) is 0. The summed E-state index contributed by atoms with van der Waals surface area (Å²) < 4.78 is 5.62. The number of anilines is 1. The summed E-state index contributed by atoms with van der Waals surface area (Å²) in [6.07, 6.45) is 6.07. The maximum absolute atomic E-state index is 5.71. The van der Waals surface area contributed by atoms with Crippen LogP contribution in [0.2, 0.25) is 0 Å². The second-order valence-electron chi connectivity index (χ2n) is 4.27. The highest BCUT2D eigenvalue weighted by molar-refractivity contribution is 7.80. The van der Waals surface area contributed by atoms with Gasteiger partial charge in [-0.1, -0.05) is 12.2 Å². The highest BCUT2D eigenvalue weighted by Gasteiger charge is 2.19. The van der Waals surface area contributed by atoms with Crippen molar-refractivity contribution >= 4 is 22.9 Å². The lowest BCUT2D eigenvalue weighted by Crippen LogP contribution is -2.30. The number of pyridine rings is 1. The van der Waals surface area contributed by atoms with E-state index in [-0.39, 0.29) is 0 Å². The summed E-state index contributed by atoms with van der Waals surface area (Å²) in [5.74, 6) is 0. The van der Waals surface area contributed by atoms with Crippen molar-refractivity contribution in [3.63, 3.8) is 0 Å². The molecule has 0 bridgehead atoms. The highest BCUT2D eigenvalue weighted by Crippen LogP contribution is 2.20. The number of nitrogens with zero attached hydrogens (tertiary/aromatic N) is 2. The third-order valence-corrected chi connectivity index (χ3v) is 3.20. The van der Waals surface area contributed by atoms with Crippen LogP contribution in [0.1, 0.15) is 18.4 Å². The van der Waals surface area contributed by atoms with Gasteiger partial charge >= 0.3 is 0 Å².